The molecule has 0 atom stereocenters. The molecule has 0 amide bonds. The van der Waals surface area contributed by atoms with E-state index in [1.54, 1.807) is 0 Å². The van der Waals surface area contributed by atoms with Crippen molar-refractivity contribution in [2.45, 2.75) is 122 Å². The van der Waals surface area contributed by atoms with E-state index in [0.29, 0.717) is 6.61 Å². The minimum atomic E-state index is -1.35. The van der Waals surface area contributed by atoms with Crippen LogP contribution >= 0.6 is 45.9 Å². The fraction of sp³-hybridized carbons (Fsp3) is 0.870. The average molecular weight is 619 g/mol. The minimum Gasteiger partial charge on any atom is -0.463 e. The number of rotatable bonds is 22. The largest absolute Gasteiger partial charge is 0.463 e. The zero-order valence-electron chi connectivity index (χ0n) is 18.4. The molecule has 0 heterocycles. The minimum absolute atomic E-state index is 0.302. The van der Waals surface area contributed by atoms with Crippen LogP contribution in [0.25, 0.3) is 0 Å². The second kappa shape index (κ2) is 22.1. The molecule has 2 nitrogen and oxygen atoms in total. The Balaban J connectivity index is 3.07. The highest BCUT2D eigenvalue weighted by molar-refractivity contribution is 9.72. The second-order valence-electron chi connectivity index (χ2n) is 8.10. The van der Waals surface area contributed by atoms with E-state index in [1.165, 1.54) is 115 Å². The maximum absolute atomic E-state index is 10.9. The molecule has 0 aromatic carbocycles. The summed E-state index contributed by atoms with van der Waals surface area (Å²) in [6.07, 6.45) is 25.6. The Bertz CT molecular complexity index is 387. The van der Waals surface area contributed by atoms with Crippen LogP contribution in [0.2, 0.25) is 6.04 Å². The summed E-state index contributed by atoms with van der Waals surface area (Å²) in [6, 6.07) is 1.27. The Morgan fingerprint density at radius 3 is 1.24 bits per heavy atom. The predicted octanol–water partition coefficient (Wildman–Crippen LogP) is 9.86. The van der Waals surface area contributed by atoms with Crippen LogP contribution < -0.4 is 0 Å². The smallest absolute Gasteiger partial charge is 0.330 e. The lowest BCUT2D eigenvalue weighted by molar-refractivity contribution is -0.137. The molecule has 0 aliphatic carbocycles. The van der Waals surface area contributed by atoms with E-state index >= 15 is 0 Å². The van der Waals surface area contributed by atoms with Crippen LogP contribution in [0.1, 0.15) is 116 Å². The SMILES string of the molecule is C=CC(=O)OCCCCCCCCCCCCCCCCCCCC[Si](Br)(Br)Br. The quantitative estimate of drug-likeness (QED) is 0.0397. The van der Waals surface area contributed by atoms with Gasteiger partial charge in [0.2, 0.25) is 0 Å². The van der Waals surface area contributed by atoms with Crippen LogP contribution in [0.3, 0.4) is 0 Å². The van der Waals surface area contributed by atoms with E-state index in [9.17, 15) is 4.79 Å². The molecule has 0 fully saturated rings. The van der Waals surface area contributed by atoms with Gasteiger partial charge in [-0.3, -0.25) is 0 Å². The molecule has 0 bridgehead atoms. The highest BCUT2D eigenvalue weighted by Crippen LogP contribution is 2.33. The third-order valence-electron chi connectivity index (χ3n) is 5.27. The maximum atomic E-state index is 10.9. The fourth-order valence-corrected chi connectivity index (χ4v) is 6.66. The number of carbonyl (C=O) groups is 1. The third-order valence-corrected chi connectivity index (χ3v) is 9.75. The van der Waals surface area contributed by atoms with E-state index in [2.05, 4.69) is 52.5 Å². The average Bonchev–Trinajstić information content (AvgIpc) is 2.68. The van der Waals surface area contributed by atoms with E-state index < -0.39 is 3.93 Å². The molecule has 0 saturated heterocycles. The van der Waals surface area contributed by atoms with Gasteiger partial charge in [-0.05, 0) is 12.5 Å². The highest BCUT2D eigenvalue weighted by atomic mass is 80.0. The van der Waals surface area contributed by atoms with Crippen LogP contribution in [0.4, 0.5) is 0 Å². The number of hydrogen-bond acceptors (Lipinski definition) is 2. The summed E-state index contributed by atoms with van der Waals surface area (Å²) in [6.45, 7) is 3.93. The normalized spacial score (nSPS) is 11.6. The summed E-state index contributed by atoms with van der Waals surface area (Å²) < 4.78 is 3.62. The molecule has 0 saturated carbocycles. The molecule has 0 rings (SSSR count). The molecule has 6 heteroatoms. The first kappa shape index (κ1) is 29.9. The molecule has 29 heavy (non-hydrogen) atoms. The molecule has 0 radical (unpaired) electrons. The first-order valence-electron chi connectivity index (χ1n) is 11.8. The van der Waals surface area contributed by atoms with Crippen molar-refractivity contribution >= 4 is 55.8 Å². The zero-order valence-corrected chi connectivity index (χ0v) is 24.1. The van der Waals surface area contributed by atoms with E-state index in [-0.39, 0.29) is 5.97 Å². The van der Waals surface area contributed by atoms with Crippen LogP contribution in [0, 0.1) is 0 Å². The molecule has 0 aromatic heterocycles. The summed E-state index contributed by atoms with van der Waals surface area (Å²) in [5.74, 6) is -0.302. The monoisotopic (exact) mass is 616 g/mol. The van der Waals surface area contributed by atoms with Gasteiger partial charge in [0, 0.05) is 6.08 Å². The lowest BCUT2D eigenvalue weighted by Crippen LogP contribution is -2.04. The molecule has 0 aliphatic heterocycles. The fourth-order valence-electron chi connectivity index (χ4n) is 3.49. The second-order valence-corrected chi connectivity index (χ2v) is 31.6. The standard InChI is InChI=1S/C23H43Br3O2Si/c1-2-23(27)28-21-19-17-15-13-11-9-7-5-3-4-6-8-10-12-14-16-18-20-22-29(24,25)26/h2H,1,3-22H2. The summed E-state index contributed by atoms with van der Waals surface area (Å²) in [7, 11) is 0. The van der Waals surface area contributed by atoms with E-state index in [4.69, 9.17) is 4.74 Å². The van der Waals surface area contributed by atoms with Crippen LogP contribution in [-0.2, 0) is 9.53 Å². The third kappa shape index (κ3) is 26.8. The Morgan fingerprint density at radius 1 is 0.621 bits per heavy atom. The number of esters is 1. The summed E-state index contributed by atoms with van der Waals surface area (Å²) >= 11 is 11.1. The molecule has 0 aromatic rings. The molecule has 0 N–H and O–H groups in total. The van der Waals surface area contributed by atoms with Crippen molar-refractivity contribution in [3.05, 3.63) is 12.7 Å². The van der Waals surface area contributed by atoms with E-state index in [1.807, 2.05) is 0 Å². The first-order chi connectivity index (χ1) is 14.0. The molecule has 0 unspecified atom stereocenters. The van der Waals surface area contributed by atoms with Gasteiger partial charge < -0.3 is 4.74 Å². The lowest BCUT2D eigenvalue weighted by Gasteiger charge is -2.08. The Morgan fingerprint density at radius 2 is 0.931 bits per heavy atom. The van der Waals surface area contributed by atoms with Gasteiger partial charge in [-0.25, -0.2) is 4.79 Å². The van der Waals surface area contributed by atoms with Crippen molar-refractivity contribution in [1.82, 2.24) is 0 Å². The van der Waals surface area contributed by atoms with Gasteiger partial charge in [0.25, 0.3) is 3.93 Å². The summed E-state index contributed by atoms with van der Waals surface area (Å²) in [4.78, 5) is 10.9. The number of hydrogen-bond donors (Lipinski definition) is 0. The Kier molecular flexibility index (Phi) is 22.7. The first-order valence-corrected chi connectivity index (χ1v) is 20.8. The van der Waals surface area contributed by atoms with Crippen LogP contribution in [-0.4, -0.2) is 16.5 Å². The molecule has 0 aliphatic rings. The molecule has 0 spiro atoms. The lowest BCUT2D eigenvalue weighted by atomic mass is 10.0. The van der Waals surface area contributed by atoms with Gasteiger partial charge in [-0.2, -0.15) is 0 Å². The molecular formula is C23H43Br3O2Si. The van der Waals surface area contributed by atoms with Gasteiger partial charge in [0.15, 0.2) is 0 Å². The topological polar surface area (TPSA) is 26.3 Å². The van der Waals surface area contributed by atoms with Crippen LogP contribution in [0.5, 0.6) is 0 Å². The Labute approximate surface area is 205 Å². The summed E-state index contributed by atoms with van der Waals surface area (Å²) in [5.41, 5.74) is 0. The Hall–Kier alpha value is 0.867. The van der Waals surface area contributed by atoms with Gasteiger partial charge in [-0.1, -0.05) is 162 Å². The highest BCUT2D eigenvalue weighted by Gasteiger charge is 2.20. The van der Waals surface area contributed by atoms with Crippen molar-refractivity contribution in [1.29, 1.82) is 0 Å². The van der Waals surface area contributed by atoms with Crippen molar-refractivity contribution in [2.24, 2.45) is 0 Å². The molecular weight excluding hydrogens is 576 g/mol. The number of carbonyl (C=O) groups excluding carboxylic acids is 1. The predicted molar refractivity (Wildman–Crippen MR) is 142 cm³/mol. The van der Waals surface area contributed by atoms with Gasteiger partial charge in [-0.15, -0.1) is 0 Å². The summed E-state index contributed by atoms with van der Waals surface area (Å²) in [5, 5.41) is 0. The van der Waals surface area contributed by atoms with Crippen molar-refractivity contribution < 1.29 is 9.53 Å². The number of ether oxygens (including phenoxy) is 1. The molecule has 172 valence electrons. The number of halogens is 3. The van der Waals surface area contributed by atoms with Crippen molar-refractivity contribution in [2.75, 3.05) is 6.61 Å². The van der Waals surface area contributed by atoms with Crippen molar-refractivity contribution in [3.63, 3.8) is 0 Å². The van der Waals surface area contributed by atoms with Crippen molar-refractivity contribution in [3.8, 4) is 0 Å². The number of unbranched alkanes of at least 4 members (excludes halogenated alkanes) is 17. The van der Waals surface area contributed by atoms with Gasteiger partial charge in [0.05, 0.1) is 6.61 Å². The zero-order chi connectivity index (χ0) is 21.6. The van der Waals surface area contributed by atoms with E-state index in [0.717, 1.165) is 12.8 Å². The van der Waals surface area contributed by atoms with Gasteiger partial charge >= 0.3 is 5.97 Å². The van der Waals surface area contributed by atoms with Gasteiger partial charge in [0.1, 0.15) is 0 Å². The maximum Gasteiger partial charge on any atom is 0.330 e. The van der Waals surface area contributed by atoms with Crippen LogP contribution in [0.15, 0.2) is 12.7 Å².